The zero-order valence-corrected chi connectivity index (χ0v) is 27.0. The first-order chi connectivity index (χ1) is 21.2. The molecule has 0 unspecified atom stereocenters. The number of ether oxygens (including phenoxy) is 1. The summed E-state index contributed by atoms with van der Waals surface area (Å²) in [6.45, 7) is 7.92. The van der Waals surface area contributed by atoms with E-state index in [0.717, 1.165) is 33.0 Å². The Hall–Kier alpha value is -3.67. The highest BCUT2D eigenvalue weighted by molar-refractivity contribution is 7.94. The number of esters is 1. The molecule has 4 aromatic rings. The quantitative estimate of drug-likeness (QED) is 0.220. The van der Waals surface area contributed by atoms with E-state index in [-0.39, 0.29) is 12.6 Å². The number of para-hydroxylation sites is 1. The molecule has 1 fully saturated rings. The molecular weight excluding hydrogens is 656 g/mol. The molecule has 0 saturated carbocycles. The molecule has 0 bridgehead atoms. The maximum Gasteiger partial charge on any atom is 0.490 e. The predicted octanol–water partition coefficient (Wildman–Crippen LogP) is 5.86. The van der Waals surface area contributed by atoms with Gasteiger partial charge in [0, 0.05) is 55.2 Å². The molecular formula is C28H32F3N5O6S3. The number of carbonyl (C=O) groups is 2. The number of thiazole rings is 1. The normalized spacial score (nSPS) is 14.3. The Morgan fingerprint density at radius 1 is 1.16 bits per heavy atom. The van der Waals surface area contributed by atoms with Crippen LogP contribution >= 0.6 is 22.7 Å². The second-order valence-electron chi connectivity index (χ2n) is 10.1. The number of carboxylic acid groups (broad SMARTS) is 1. The van der Waals surface area contributed by atoms with Crippen LogP contribution in [0.3, 0.4) is 0 Å². The van der Waals surface area contributed by atoms with E-state index >= 15 is 0 Å². The zero-order valence-electron chi connectivity index (χ0n) is 24.6. The van der Waals surface area contributed by atoms with Crippen LogP contribution in [0, 0.1) is 0 Å². The number of alkyl halides is 3. The third-order valence-electron chi connectivity index (χ3n) is 6.66. The lowest BCUT2D eigenvalue weighted by Crippen LogP contribution is -2.47. The van der Waals surface area contributed by atoms with Crippen LogP contribution < -0.4 is 4.31 Å². The van der Waals surface area contributed by atoms with Gasteiger partial charge in [-0.1, -0.05) is 18.2 Å². The fourth-order valence-electron chi connectivity index (χ4n) is 4.67. The zero-order chi connectivity index (χ0) is 32.9. The molecule has 4 heterocycles. The van der Waals surface area contributed by atoms with Gasteiger partial charge in [-0.25, -0.2) is 23.0 Å². The Bertz CT molecular complexity index is 1710. The van der Waals surface area contributed by atoms with Gasteiger partial charge in [-0.3, -0.25) is 9.21 Å². The predicted molar refractivity (Wildman–Crippen MR) is 166 cm³/mol. The molecule has 1 aliphatic heterocycles. The molecule has 0 radical (unpaired) electrons. The van der Waals surface area contributed by atoms with Crippen molar-refractivity contribution in [2.45, 2.75) is 43.7 Å². The van der Waals surface area contributed by atoms with Crippen LogP contribution in [0.1, 0.15) is 25.6 Å². The molecule has 11 nitrogen and oxygen atoms in total. The number of thiophene rings is 1. The number of hydrogen-bond acceptors (Lipinski definition) is 9. The molecule has 17 heteroatoms. The number of halogens is 3. The van der Waals surface area contributed by atoms with Crippen LogP contribution in [0.5, 0.6) is 0 Å². The van der Waals surface area contributed by atoms with Gasteiger partial charge in [-0.15, -0.1) is 22.7 Å². The summed E-state index contributed by atoms with van der Waals surface area (Å²) in [6.07, 6.45) is -3.86. The molecule has 0 aliphatic carbocycles. The third kappa shape index (κ3) is 8.14. The minimum absolute atomic E-state index is 0.252. The van der Waals surface area contributed by atoms with Crippen molar-refractivity contribution in [3.05, 3.63) is 52.9 Å². The number of carbonyl (C=O) groups excluding carboxylic acids is 1. The molecule has 1 aliphatic rings. The van der Waals surface area contributed by atoms with E-state index in [9.17, 15) is 31.2 Å². The van der Waals surface area contributed by atoms with Crippen LogP contribution in [0.4, 0.5) is 23.7 Å². The van der Waals surface area contributed by atoms with Gasteiger partial charge < -0.3 is 19.7 Å². The Morgan fingerprint density at radius 3 is 2.42 bits per heavy atom. The van der Waals surface area contributed by atoms with E-state index in [0.29, 0.717) is 36.1 Å². The lowest BCUT2D eigenvalue weighted by molar-refractivity contribution is -0.199. The Morgan fingerprint density at radius 2 is 1.87 bits per heavy atom. The molecule has 1 aromatic carbocycles. The Labute approximate surface area is 265 Å². The molecule has 5 rings (SSSR count). The molecule has 0 spiro atoms. The summed E-state index contributed by atoms with van der Waals surface area (Å²) in [5.74, 6) is -2.13. The number of fused-ring (bicyclic) bond motifs is 1. The monoisotopic (exact) mass is 687 g/mol. The number of aromatic nitrogens is 2. The van der Waals surface area contributed by atoms with Gasteiger partial charge in [0.25, 0.3) is 10.0 Å². The second-order valence-corrected chi connectivity index (χ2v) is 14.3. The molecule has 1 saturated heterocycles. The average molecular weight is 688 g/mol. The number of piperazine rings is 1. The number of amides is 1. The van der Waals surface area contributed by atoms with Crippen LogP contribution in [-0.2, 0) is 26.1 Å². The summed E-state index contributed by atoms with van der Waals surface area (Å²) in [4.78, 5) is 33.7. The maximum atomic E-state index is 13.5. The lowest BCUT2D eigenvalue weighted by atomic mass is 10.2. The van der Waals surface area contributed by atoms with Crippen LogP contribution in [0.15, 0.2) is 52.2 Å². The minimum Gasteiger partial charge on any atom is -0.465 e. The fraction of sp³-hybridized carbons (Fsp3) is 0.393. The number of benzene rings is 1. The summed E-state index contributed by atoms with van der Waals surface area (Å²) in [5, 5.41) is 12.6. The van der Waals surface area contributed by atoms with Crippen molar-refractivity contribution in [2.75, 3.05) is 37.1 Å². The van der Waals surface area contributed by atoms with E-state index in [1.54, 1.807) is 28.8 Å². The van der Waals surface area contributed by atoms with E-state index in [1.807, 2.05) is 44.3 Å². The topological polar surface area (TPSA) is 136 Å². The number of nitrogens with zero attached hydrogens (tertiary/aromatic N) is 4. The van der Waals surface area contributed by atoms with Gasteiger partial charge in [-0.2, -0.15) is 13.2 Å². The number of rotatable bonds is 8. The largest absolute Gasteiger partial charge is 0.490 e. The van der Waals surface area contributed by atoms with Crippen molar-refractivity contribution in [1.82, 2.24) is 19.8 Å². The smallest absolute Gasteiger partial charge is 0.465 e. The highest BCUT2D eigenvalue weighted by atomic mass is 32.2. The average Bonchev–Trinajstić information content (AvgIpc) is 3.74. The lowest BCUT2D eigenvalue weighted by Gasteiger charge is -2.32. The number of aromatic amines is 1. The molecule has 0 atom stereocenters. The van der Waals surface area contributed by atoms with Crippen molar-refractivity contribution >= 4 is 61.3 Å². The van der Waals surface area contributed by atoms with E-state index < -0.39 is 28.3 Å². The first kappa shape index (κ1) is 34.2. The SMILES string of the molecule is CC(C)N(c1cccc2cc(-c3ncc(CN4CCN(C(=O)O)CC4)s3)[nH]c12)S(=O)(=O)c1cccs1.CCOC(=O)C(F)(F)F. The van der Waals surface area contributed by atoms with Gasteiger partial charge in [0.05, 0.1) is 23.5 Å². The maximum absolute atomic E-state index is 13.5. The third-order valence-corrected chi connectivity index (χ3v) is 11.0. The second kappa shape index (κ2) is 14.2. The summed E-state index contributed by atoms with van der Waals surface area (Å²) >= 11 is 2.79. The van der Waals surface area contributed by atoms with Crippen LogP contribution in [-0.4, -0.2) is 90.4 Å². The van der Waals surface area contributed by atoms with E-state index in [1.165, 1.54) is 27.5 Å². The Balaban J connectivity index is 0.000000448. The summed E-state index contributed by atoms with van der Waals surface area (Å²) in [6, 6.07) is 10.8. The number of hydrogen-bond donors (Lipinski definition) is 2. The highest BCUT2D eigenvalue weighted by Gasteiger charge is 2.40. The summed E-state index contributed by atoms with van der Waals surface area (Å²) < 4.78 is 65.9. The summed E-state index contributed by atoms with van der Waals surface area (Å²) in [5.41, 5.74) is 2.19. The van der Waals surface area contributed by atoms with Crippen molar-refractivity contribution in [2.24, 2.45) is 0 Å². The van der Waals surface area contributed by atoms with Crippen molar-refractivity contribution in [3.8, 4) is 10.7 Å². The first-order valence-electron chi connectivity index (χ1n) is 13.8. The Kier molecular flexibility index (Phi) is 10.8. The van der Waals surface area contributed by atoms with Gasteiger partial charge in [0.1, 0.15) is 9.22 Å². The number of sulfonamides is 1. The molecule has 45 heavy (non-hydrogen) atoms. The highest BCUT2D eigenvalue weighted by Crippen LogP contribution is 2.36. The summed E-state index contributed by atoms with van der Waals surface area (Å²) in [7, 11) is -3.71. The first-order valence-corrected chi connectivity index (χ1v) is 16.9. The van der Waals surface area contributed by atoms with E-state index in [2.05, 4.69) is 19.6 Å². The fourth-order valence-corrected chi connectivity index (χ4v) is 8.35. The molecule has 1 amide bonds. The number of H-pyrrole nitrogens is 1. The van der Waals surface area contributed by atoms with Crippen LogP contribution in [0.25, 0.3) is 21.6 Å². The van der Waals surface area contributed by atoms with Gasteiger partial charge in [0.15, 0.2) is 0 Å². The van der Waals surface area contributed by atoms with Gasteiger partial charge in [0.2, 0.25) is 0 Å². The molecule has 244 valence electrons. The molecule has 2 N–H and O–H groups in total. The minimum atomic E-state index is -4.85. The number of nitrogens with one attached hydrogen (secondary N) is 1. The van der Waals surface area contributed by atoms with Crippen molar-refractivity contribution in [3.63, 3.8) is 0 Å². The van der Waals surface area contributed by atoms with Crippen molar-refractivity contribution in [1.29, 1.82) is 0 Å². The van der Waals surface area contributed by atoms with Crippen LogP contribution in [0.2, 0.25) is 0 Å². The standard InChI is InChI=1S/C24H27N5O4S3.C4H5F3O2/c1-16(2)29(36(32,33)21-7-4-12-34-21)20-6-3-5-17-13-19(26-22(17)20)23-25-14-18(35-23)15-27-8-10-28(11-9-27)24(30)31;1-2-9-3(8)4(5,6)7/h3-7,12-14,16,26H,8-11,15H2,1-2H3,(H,30,31);2H2,1H3. The van der Waals surface area contributed by atoms with Gasteiger partial charge in [-0.05, 0) is 44.4 Å². The van der Waals surface area contributed by atoms with E-state index in [4.69, 9.17) is 5.11 Å². The van der Waals surface area contributed by atoms with Crippen molar-refractivity contribution < 1.29 is 41.0 Å². The van der Waals surface area contributed by atoms with Gasteiger partial charge >= 0.3 is 18.2 Å². The molecule has 3 aromatic heterocycles. The number of anilines is 1.